The minimum atomic E-state index is -0.432. The number of anilines is 1. The summed E-state index contributed by atoms with van der Waals surface area (Å²) in [4.78, 5) is 24.7. The summed E-state index contributed by atoms with van der Waals surface area (Å²) in [5.41, 5.74) is 3.09. The highest BCUT2D eigenvalue weighted by Crippen LogP contribution is 2.28. The fraction of sp³-hybridized carbons (Fsp3) is 0.292. The SMILES string of the molecule is CCOc1ccc(C(=O)NCC(=O)Nc2cc(-c3ccc(CC)cc3)no2)cc1OCC. The van der Waals surface area contributed by atoms with Crippen LogP contribution in [0.2, 0.25) is 0 Å². The molecule has 168 valence electrons. The summed E-state index contributed by atoms with van der Waals surface area (Å²) in [5, 5.41) is 9.16. The van der Waals surface area contributed by atoms with Gasteiger partial charge in [-0.3, -0.25) is 14.9 Å². The molecule has 1 heterocycles. The van der Waals surface area contributed by atoms with Gasteiger partial charge in [-0.05, 0) is 44.0 Å². The summed E-state index contributed by atoms with van der Waals surface area (Å²) in [7, 11) is 0. The van der Waals surface area contributed by atoms with Crippen LogP contribution in [0.15, 0.2) is 53.1 Å². The van der Waals surface area contributed by atoms with Gasteiger partial charge in [-0.25, -0.2) is 0 Å². The molecule has 3 rings (SSSR count). The molecule has 2 N–H and O–H groups in total. The Bertz CT molecular complexity index is 1060. The van der Waals surface area contributed by atoms with Crippen molar-refractivity contribution in [3.05, 3.63) is 59.7 Å². The minimum Gasteiger partial charge on any atom is -0.490 e. The van der Waals surface area contributed by atoms with Gasteiger partial charge in [0.25, 0.3) is 5.91 Å². The van der Waals surface area contributed by atoms with Crippen molar-refractivity contribution in [2.45, 2.75) is 27.2 Å². The normalized spacial score (nSPS) is 10.5. The standard InChI is InChI=1S/C24H27N3O5/c1-4-16-7-9-17(10-8-16)19-14-23(32-27-19)26-22(28)15-25-24(29)18-11-12-20(30-5-2)21(13-18)31-6-3/h7-14H,4-6,15H2,1-3H3,(H,25,29)(H,26,28). The zero-order chi connectivity index (χ0) is 22.9. The maximum absolute atomic E-state index is 12.4. The molecular weight excluding hydrogens is 410 g/mol. The molecule has 8 heteroatoms. The third-order valence-corrected chi connectivity index (χ3v) is 4.65. The van der Waals surface area contributed by atoms with Crippen molar-refractivity contribution >= 4 is 17.7 Å². The number of ether oxygens (including phenoxy) is 2. The molecule has 2 amide bonds. The van der Waals surface area contributed by atoms with E-state index in [1.807, 2.05) is 38.1 Å². The van der Waals surface area contributed by atoms with Crippen LogP contribution in [0.1, 0.15) is 36.7 Å². The highest BCUT2D eigenvalue weighted by atomic mass is 16.5. The lowest BCUT2D eigenvalue weighted by molar-refractivity contribution is -0.115. The number of nitrogens with one attached hydrogen (secondary N) is 2. The van der Waals surface area contributed by atoms with Crippen LogP contribution in [0.4, 0.5) is 5.88 Å². The fourth-order valence-electron chi connectivity index (χ4n) is 3.02. The Balaban J connectivity index is 1.56. The lowest BCUT2D eigenvalue weighted by atomic mass is 10.1. The number of carbonyl (C=O) groups is 2. The number of rotatable bonds is 10. The number of aromatic nitrogens is 1. The Morgan fingerprint density at radius 2 is 1.66 bits per heavy atom. The second kappa shape index (κ2) is 11.0. The summed E-state index contributed by atoms with van der Waals surface area (Å²) >= 11 is 0. The molecule has 0 atom stereocenters. The summed E-state index contributed by atoms with van der Waals surface area (Å²) in [6.45, 7) is 6.51. The van der Waals surface area contributed by atoms with Crippen molar-refractivity contribution in [1.29, 1.82) is 0 Å². The lowest BCUT2D eigenvalue weighted by Gasteiger charge is -2.12. The zero-order valence-electron chi connectivity index (χ0n) is 18.4. The van der Waals surface area contributed by atoms with Crippen LogP contribution < -0.4 is 20.1 Å². The van der Waals surface area contributed by atoms with E-state index in [-0.39, 0.29) is 12.4 Å². The summed E-state index contributed by atoms with van der Waals surface area (Å²) < 4.78 is 16.2. The first-order valence-electron chi connectivity index (χ1n) is 10.6. The number of aryl methyl sites for hydroxylation is 1. The van der Waals surface area contributed by atoms with E-state index < -0.39 is 11.8 Å². The zero-order valence-corrected chi connectivity index (χ0v) is 18.4. The molecule has 3 aromatic rings. The first-order valence-corrected chi connectivity index (χ1v) is 10.6. The molecule has 0 aliphatic carbocycles. The molecule has 0 aliphatic heterocycles. The Hall–Kier alpha value is -3.81. The summed E-state index contributed by atoms with van der Waals surface area (Å²) in [5.74, 6) is 0.414. The molecule has 0 bridgehead atoms. The number of carbonyl (C=O) groups excluding carboxylic acids is 2. The molecule has 0 fully saturated rings. The van der Waals surface area contributed by atoms with E-state index in [4.69, 9.17) is 14.0 Å². The van der Waals surface area contributed by atoms with Crippen LogP contribution in [0.3, 0.4) is 0 Å². The molecule has 8 nitrogen and oxygen atoms in total. The van der Waals surface area contributed by atoms with Crippen molar-refractivity contribution in [1.82, 2.24) is 10.5 Å². The van der Waals surface area contributed by atoms with Gasteiger partial charge in [-0.1, -0.05) is 36.3 Å². The van der Waals surface area contributed by atoms with Crippen LogP contribution in [0.25, 0.3) is 11.3 Å². The van der Waals surface area contributed by atoms with E-state index in [9.17, 15) is 9.59 Å². The van der Waals surface area contributed by atoms with Crippen molar-refractivity contribution in [3.63, 3.8) is 0 Å². The molecule has 0 saturated carbocycles. The second-order valence-corrected chi connectivity index (χ2v) is 6.89. The Morgan fingerprint density at radius 1 is 0.938 bits per heavy atom. The van der Waals surface area contributed by atoms with Gasteiger partial charge < -0.3 is 19.3 Å². The fourth-order valence-corrected chi connectivity index (χ4v) is 3.02. The predicted octanol–water partition coefficient (Wildman–Crippen LogP) is 4.07. The van der Waals surface area contributed by atoms with Crippen LogP contribution in [-0.4, -0.2) is 36.7 Å². The average Bonchev–Trinajstić information content (AvgIpc) is 3.27. The van der Waals surface area contributed by atoms with Crippen LogP contribution in [0.5, 0.6) is 11.5 Å². The first-order chi connectivity index (χ1) is 15.5. The van der Waals surface area contributed by atoms with E-state index in [2.05, 4.69) is 22.7 Å². The average molecular weight is 437 g/mol. The van der Waals surface area contributed by atoms with Gasteiger partial charge in [-0.2, -0.15) is 0 Å². The Kier molecular flexibility index (Phi) is 7.85. The van der Waals surface area contributed by atoms with Gasteiger partial charge in [-0.15, -0.1) is 0 Å². The number of amides is 2. The summed E-state index contributed by atoms with van der Waals surface area (Å²) in [6, 6.07) is 14.5. The van der Waals surface area contributed by atoms with Gasteiger partial charge in [0.15, 0.2) is 11.5 Å². The molecule has 0 aliphatic rings. The second-order valence-electron chi connectivity index (χ2n) is 6.89. The van der Waals surface area contributed by atoms with Crippen molar-refractivity contribution in [2.75, 3.05) is 25.1 Å². The van der Waals surface area contributed by atoms with Gasteiger partial charge in [0.1, 0.15) is 5.69 Å². The number of nitrogens with zero attached hydrogens (tertiary/aromatic N) is 1. The van der Waals surface area contributed by atoms with Crippen molar-refractivity contribution in [2.24, 2.45) is 0 Å². The van der Waals surface area contributed by atoms with E-state index >= 15 is 0 Å². The Labute approximate surface area is 186 Å². The van der Waals surface area contributed by atoms with Crippen LogP contribution in [0, 0.1) is 0 Å². The lowest BCUT2D eigenvalue weighted by Crippen LogP contribution is -2.32. The molecule has 32 heavy (non-hydrogen) atoms. The molecule has 0 saturated heterocycles. The van der Waals surface area contributed by atoms with Gasteiger partial charge in [0, 0.05) is 17.2 Å². The predicted molar refractivity (Wildman–Crippen MR) is 121 cm³/mol. The van der Waals surface area contributed by atoms with E-state index in [0.717, 1.165) is 12.0 Å². The highest BCUT2D eigenvalue weighted by Gasteiger charge is 2.14. The number of benzene rings is 2. The first kappa shape index (κ1) is 22.9. The largest absolute Gasteiger partial charge is 0.490 e. The van der Waals surface area contributed by atoms with Gasteiger partial charge in [0.05, 0.1) is 19.8 Å². The van der Waals surface area contributed by atoms with Crippen LogP contribution in [-0.2, 0) is 11.2 Å². The van der Waals surface area contributed by atoms with E-state index in [1.54, 1.807) is 24.3 Å². The smallest absolute Gasteiger partial charge is 0.251 e. The van der Waals surface area contributed by atoms with Crippen molar-refractivity contribution < 1.29 is 23.6 Å². The highest BCUT2D eigenvalue weighted by molar-refractivity contribution is 5.99. The monoisotopic (exact) mass is 437 g/mol. The third kappa shape index (κ3) is 5.87. The van der Waals surface area contributed by atoms with E-state index in [1.165, 1.54) is 5.56 Å². The topological polar surface area (TPSA) is 103 Å². The number of hydrogen-bond acceptors (Lipinski definition) is 6. The van der Waals surface area contributed by atoms with Gasteiger partial charge >= 0.3 is 0 Å². The molecule has 2 aromatic carbocycles. The summed E-state index contributed by atoms with van der Waals surface area (Å²) in [6.07, 6.45) is 0.954. The van der Waals surface area contributed by atoms with Crippen molar-refractivity contribution in [3.8, 4) is 22.8 Å². The molecule has 0 radical (unpaired) electrons. The third-order valence-electron chi connectivity index (χ3n) is 4.65. The quantitative estimate of drug-likeness (QED) is 0.496. The molecular formula is C24H27N3O5. The van der Waals surface area contributed by atoms with Crippen LogP contribution >= 0.6 is 0 Å². The molecule has 0 spiro atoms. The van der Waals surface area contributed by atoms with Gasteiger partial charge in [0.2, 0.25) is 11.8 Å². The maximum atomic E-state index is 12.4. The maximum Gasteiger partial charge on any atom is 0.251 e. The Morgan fingerprint density at radius 3 is 2.34 bits per heavy atom. The van der Waals surface area contributed by atoms with E-state index in [0.29, 0.717) is 36.0 Å². The number of hydrogen-bond donors (Lipinski definition) is 2. The molecule has 1 aromatic heterocycles. The minimum absolute atomic E-state index is 0.207. The molecule has 0 unspecified atom stereocenters.